The zero-order valence-corrected chi connectivity index (χ0v) is 13.5. The van der Waals surface area contributed by atoms with Crippen molar-refractivity contribution in [3.8, 4) is 0 Å². The monoisotopic (exact) mass is 314 g/mol. The second-order valence-electron chi connectivity index (χ2n) is 6.23. The van der Waals surface area contributed by atoms with Crippen LogP contribution in [0.3, 0.4) is 0 Å². The van der Waals surface area contributed by atoms with Gasteiger partial charge < -0.3 is 5.84 Å². The fraction of sp³-hybridized carbons (Fsp3) is 0.438. The predicted octanol–water partition coefficient (Wildman–Crippen LogP) is 2.72. The lowest BCUT2D eigenvalue weighted by Gasteiger charge is -2.21. The molecule has 0 saturated heterocycles. The van der Waals surface area contributed by atoms with E-state index in [-0.39, 0.29) is 5.56 Å². The summed E-state index contributed by atoms with van der Waals surface area (Å²) in [5.41, 5.74) is 4.50. The average molecular weight is 314 g/mol. The number of nitrogens with zero attached hydrogens (tertiary/aromatic N) is 3. The Morgan fingerprint density at radius 2 is 2.00 bits per heavy atom. The number of hydrogen-bond donors (Lipinski definition) is 1. The van der Waals surface area contributed by atoms with Crippen LogP contribution in [0.1, 0.15) is 49.4 Å². The minimum absolute atomic E-state index is 0.191. The Morgan fingerprint density at radius 1 is 1.27 bits per heavy atom. The van der Waals surface area contributed by atoms with Crippen molar-refractivity contribution in [2.45, 2.75) is 45.4 Å². The Morgan fingerprint density at radius 3 is 2.73 bits per heavy atom. The number of fused-ring (bicyclic) bond motifs is 5. The fourth-order valence-electron chi connectivity index (χ4n) is 3.44. The summed E-state index contributed by atoms with van der Waals surface area (Å²) in [7, 11) is 0. The number of hydrogen-bond acceptors (Lipinski definition) is 5. The Labute approximate surface area is 131 Å². The molecular weight excluding hydrogens is 296 g/mol. The molecule has 3 heterocycles. The van der Waals surface area contributed by atoms with E-state index in [1.54, 1.807) is 0 Å². The summed E-state index contributed by atoms with van der Waals surface area (Å²) >= 11 is 1.42. The van der Waals surface area contributed by atoms with Gasteiger partial charge in [-0.15, -0.1) is 11.3 Å². The van der Waals surface area contributed by atoms with Gasteiger partial charge >= 0.3 is 0 Å². The highest BCUT2D eigenvalue weighted by Gasteiger charge is 2.23. The van der Waals surface area contributed by atoms with Gasteiger partial charge in [-0.1, -0.05) is 13.8 Å². The first-order valence-corrected chi connectivity index (χ1v) is 8.50. The molecule has 0 radical (unpaired) electrons. The lowest BCUT2D eigenvalue weighted by molar-refractivity contribution is 0.667. The number of nitrogens with two attached hydrogens (primary N) is 1. The molecule has 0 unspecified atom stereocenters. The van der Waals surface area contributed by atoms with E-state index >= 15 is 0 Å². The fourth-order valence-corrected chi connectivity index (χ4v) is 4.54. The average Bonchev–Trinajstić information content (AvgIpc) is 2.89. The van der Waals surface area contributed by atoms with Gasteiger partial charge in [-0.25, -0.2) is 14.6 Å². The van der Waals surface area contributed by atoms with Crippen LogP contribution >= 0.6 is 11.3 Å². The van der Waals surface area contributed by atoms with Crippen molar-refractivity contribution in [2.75, 3.05) is 5.84 Å². The summed E-state index contributed by atoms with van der Waals surface area (Å²) < 4.78 is 1.66. The van der Waals surface area contributed by atoms with Gasteiger partial charge in [0.15, 0.2) is 0 Å². The summed E-state index contributed by atoms with van der Waals surface area (Å²) in [6.07, 6.45) is 5.94. The van der Waals surface area contributed by atoms with E-state index < -0.39 is 0 Å². The predicted molar refractivity (Wildman–Crippen MR) is 90.1 cm³/mol. The summed E-state index contributed by atoms with van der Waals surface area (Å²) in [5.74, 6) is 6.04. The van der Waals surface area contributed by atoms with Crippen molar-refractivity contribution in [1.82, 2.24) is 14.6 Å². The highest BCUT2D eigenvalue weighted by molar-refractivity contribution is 7.25. The standard InChI is InChI=1S/C16H18N4OS/c1-8(2)12-10-6-4-3-5-9(10)11-13-14(22-15(11)19-12)16(21)20(17)7-18-13/h7-8H,3-6,17H2,1-2H3. The molecule has 2 N–H and O–H groups in total. The van der Waals surface area contributed by atoms with E-state index in [4.69, 9.17) is 10.8 Å². The van der Waals surface area contributed by atoms with Crippen LogP contribution < -0.4 is 11.4 Å². The SMILES string of the molecule is CC(C)c1nc2sc3c(=O)n(N)cnc3c2c2c1CCCC2. The van der Waals surface area contributed by atoms with Gasteiger partial charge in [-0.05, 0) is 42.7 Å². The van der Waals surface area contributed by atoms with E-state index in [2.05, 4.69) is 18.8 Å². The van der Waals surface area contributed by atoms with E-state index in [1.807, 2.05) is 0 Å². The molecule has 5 nitrogen and oxygen atoms in total. The summed E-state index contributed by atoms with van der Waals surface area (Å²) in [5, 5.41) is 1.08. The molecule has 3 aromatic rings. The third kappa shape index (κ3) is 1.80. The van der Waals surface area contributed by atoms with Crippen LogP contribution in [0.5, 0.6) is 0 Å². The van der Waals surface area contributed by atoms with E-state index in [0.29, 0.717) is 10.6 Å². The summed E-state index contributed by atoms with van der Waals surface area (Å²) in [4.78, 5) is 22.5. The van der Waals surface area contributed by atoms with Crippen LogP contribution in [0.2, 0.25) is 0 Å². The smallest absolute Gasteiger partial charge is 0.289 e. The molecule has 3 aromatic heterocycles. The highest BCUT2D eigenvalue weighted by Crippen LogP contribution is 2.39. The molecule has 6 heteroatoms. The lowest BCUT2D eigenvalue weighted by atomic mass is 9.86. The maximum atomic E-state index is 12.3. The quantitative estimate of drug-likeness (QED) is 0.701. The normalized spacial score (nSPS) is 14.9. The molecule has 0 spiro atoms. The molecule has 0 atom stereocenters. The first-order chi connectivity index (χ1) is 10.6. The van der Waals surface area contributed by atoms with Gasteiger partial charge in [-0.2, -0.15) is 0 Å². The van der Waals surface area contributed by atoms with Gasteiger partial charge in [0.25, 0.3) is 5.56 Å². The molecule has 0 aliphatic heterocycles. The second-order valence-corrected chi connectivity index (χ2v) is 7.23. The lowest BCUT2D eigenvalue weighted by Crippen LogP contribution is -2.26. The van der Waals surface area contributed by atoms with Gasteiger partial charge in [0.1, 0.15) is 15.9 Å². The molecule has 0 aromatic carbocycles. The van der Waals surface area contributed by atoms with Gasteiger partial charge in [0.05, 0.1) is 5.52 Å². The largest absolute Gasteiger partial charge is 0.335 e. The minimum Gasteiger partial charge on any atom is -0.335 e. The number of pyridine rings is 1. The zero-order valence-electron chi connectivity index (χ0n) is 12.7. The van der Waals surface area contributed by atoms with Gasteiger partial charge in [-0.3, -0.25) is 4.79 Å². The van der Waals surface area contributed by atoms with E-state index in [0.717, 1.165) is 33.3 Å². The molecular formula is C16H18N4OS. The van der Waals surface area contributed by atoms with Crippen molar-refractivity contribution >= 4 is 31.8 Å². The third-order valence-corrected chi connectivity index (χ3v) is 5.51. The number of rotatable bonds is 1. The van der Waals surface area contributed by atoms with Crippen LogP contribution in [-0.2, 0) is 12.8 Å². The van der Waals surface area contributed by atoms with Crippen molar-refractivity contribution in [2.24, 2.45) is 0 Å². The maximum Gasteiger partial charge on any atom is 0.289 e. The maximum absolute atomic E-state index is 12.3. The highest BCUT2D eigenvalue weighted by atomic mass is 32.1. The van der Waals surface area contributed by atoms with Crippen LogP contribution in [0.25, 0.3) is 20.4 Å². The topological polar surface area (TPSA) is 73.8 Å². The van der Waals surface area contributed by atoms with Crippen LogP contribution in [0, 0.1) is 0 Å². The van der Waals surface area contributed by atoms with Gasteiger partial charge in [0.2, 0.25) is 0 Å². The van der Waals surface area contributed by atoms with Crippen LogP contribution in [-0.4, -0.2) is 14.6 Å². The first-order valence-electron chi connectivity index (χ1n) is 7.68. The number of aryl methyl sites for hydroxylation is 1. The molecule has 0 saturated carbocycles. The van der Waals surface area contributed by atoms with Gasteiger partial charge in [0, 0.05) is 11.1 Å². The Kier molecular flexibility index (Phi) is 2.97. The third-order valence-electron chi connectivity index (χ3n) is 4.45. The zero-order chi connectivity index (χ0) is 15.4. The molecule has 0 amide bonds. The second kappa shape index (κ2) is 4.78. The number of nitrogen functional groups attached to an aromatic ring is 1. The first kappa shape index (κ1) is 13.7. The van der Waals surface area contributed by atoms with E-state index in [1.165, 1.54) is 47.3 Å². The van der Waals surface area contributed by atoms with Crippen LogP contribution in [0.15, 0.2) is 11.1 Å². The van der Waals surface area contributed by atoms with Crippen molar-refractivity contribution in [3.05, 3.63) is 33.5 Å². The molecule has 0 bridgehead atoms. The summed E-state index contributed by atoms with van der Waals surface area (Å²) in [6, 6.07) is 0. The Hall–Kier alpha value is -1.95. The molecule has 0 fully saturated rings. The number of thiophene rings is 1. The van der Waals surface area contributed by atoms with Crippen molar-refractivity contribution in [3.63, 3.8) is 0 Å². The number of aromatic nitrogens is 3. The Bertz CT molecular complexity index is 954. The molecule has 114 valence electrons. The minimum atomic E-state index is -0.191. The van der Waals surface area contributed by atoms with Crippen molar-refractivity contribution in [1.29, 1.82) is 0 Å². The van der Waals surface area contributed by atoms with Crippen molar-refractivity contribution < 1.29 is 0 Å². The van der Waals surface area contributed by atoms with Crippen LogP contribution in [0.4, 0.5) is 0 Å². The molecule has 1 aliphatic rings. The van der Waals surface area contributed by atoms with E-state index in [9.17, 15) is 4.79 Å². The molecule has 22 heavy (non-hydrogen) atoms. The Balaban J connectivity index is 2.20. The molecule has 4 rings (SSSR count). The molecule has 1 aliphatic carbocycles. The summed E-state index contributed by atoms with van der Waals surface area (Å²) in [6.45, 7) is 4.36.